The number of fused-ring (bicyclic) bond motifs is 1. The summed E-state index contributed by atoms with van der Waals surface area (Å²) in [7, 11) is 0. The van der Waals surface area contributed by atoms with E-state index in [0.29, 0.717) is 27.1 Å². The van der Waals surface area contributed by atoms with E-state index in [2.05, 4.69) is 15.9 Å². The summed E-state index contributed by atoms with van der Waals surface area (Å²) >= 11 is 4.81. The lowest BCUT2D eigenvalue weighted by molar-refractivity contribution is 0.0695. The summed E-state index contributed by atoms with van der Waals surface area (Å²) in [6, 6.07) is 15.2. The highest BCUT2D eigenvalue weighted by Crippen LogP contribution is 2.36. The molecule has 3 nitrogen and oxygen atoms in total. The second-order valence-electron chi connectivity index (χ2n) is 4.70. The lowest BCUT2D eigenvalue weighted by Crippen LogP contribution is -2.04. The normalized spacial score (nSPS) is 10.8. The number of thioether (sulfide) groups is 1. The first-order valence-corrected chi connectivity index (χ1v) is 8.59. The van der Waals surface area contributed by atoms with Crippen LogP contribution in [0.4, 0.5) is 0 Å². The Morgan fingerprint density at radius 2 is 1.91 bits per heavy atom. The van der Waals surface area contributed by atoms with Crippen molar-refractivity contribution in [1.82, 2.24) is 4.98 Å². The van der Waals surface area contributed by atoms with Crippen molar-refractivity contribution in [2.24, 2.45) is 0 Å². The number of carbonyl (C=O) groups is 1. The number of hydrogen-bond donors (Lipinski definition) is 1. The van der Waals surface area contributed by atoms with Crippen LogP contribution in [-0.4, -0.2) is 22.3 Å². The van der Waals surface area contributed by atoms with Crippen LogP contribution in [0.15, 0.2) is 57.9 Å². The van der Waals surface area contributed by atoms with Crippen LogP contribution in [0.25, 0.3) is 22.2 Å². The Morgan fingerprint density at radius 3 is 2.55 bits per heavy atom. The van der Waals surface area contributed by atoms with Gasteiger partial charge in [-0.15, -0.1) is 11.8 Å². The standard InChI is InChI=1S/C17H12BrNO2S/c1-22-16-14(17(20)21)12-9-11(18)7-8-13(12)19-15(16)10-5-3-2-4-6-10/h2-9H,1H3,(H,20,21). The van der Waals surface area contributed by atoms with Gasteiger partial charge in [0.15, 0.2) is 0 Å². The maximum atomic E-state index is 11.8. The van der Waals surface area contributed by atoms with Gasteiger partial charge in [-0.25, -0.2) is 9.78 Å². The average Bonchev–Trinajstić information content (AvgIpc) is 2.53. The predicted octanol–water partition coefficient (Wildman–Crippen LogP) is 5.08. The number of carboxylic acid groups (broad SMARTS) is 1. The van der Waals surface area contributed by atoms with E-state index in [1.807, 2.05) is 48.7 Å². The number of pyridine rings is 1. The van der Waals surface area contributed by atoms with Gasteiger partial charge in [-0.05, 0) is 24.5 Å². The van der Waals surface area contributed by atoms with E-state index in [4.69, 9.17) is 4.98 Å². The Labute approximate surface area is 140 Å². The molecule has 1 heterocycles. The summed E-state index contributed by atoms with van der Waals surface area (Å²) in [6.45, 7) is 0. The molecule has 22 heavy (non-hydrogen) atoms. The van der Waals surface area contributed by atoms with E-state index >= 15 is 0 Å². The van der Waals surface area contributed by atoms with Crippen LogP contribution in [-0.2, 0) is 0 Å². The van der Waals surface area contributed by atoms with Crippen LogP contribution in [0, 0.1) is 0 Å². The van der Waals surface area contributed by atoms with Gasteiger partial charge in [0, 0.05) is 20.3 Å². The maximum Gasteiger partial charge on any atom is 0.337 e. The second-order valence-corrected chi connectivity index (χ2v) is 6.43. The van der Waals surface area contributed by atoms with Gasteiger partial charge in [0.2, 0.25) is 0 Å². The molecule has 3 rings (SSSR count). The molecule has 1 N–H and O–H groups in total. The summed E-state index contributed by atoms with van der Waals surface area (Å²) in [5.41, 5.74) is 2.61. The third kappa shape index (κ3) is 2.62. The van der Waals surface area contributed by atoms with Crippen molar-refractivity contribution < 1.29 is 9.90 Å². The molecule has 110 valence electrons. The monoisotopic (exact) mass is 373 g/mol. The number of aromatic nitrogens is 1. The van der Waals surface area contributed by atoms with Crippen LogP contribution in [0.3, 0.4) is 0 Å². The molecule has 1 aromatic heterocycles. The molecule has 0 fully saturated rings. The minimum atomic E-state index is -0.938. The van der Waals surface area contributed by atoms with E-state index in [9.17, 15) is 9.90 Å². The fraction of sp³-hybridized carbons (Fsp3) is 0.0588. The van der Waals surface area contributed by atoms with Gasteiger partial charge in [0.1, 0.15) is 0 Å². The third-order valence-corrected chi connectivity index (χ3v) is 4.67. The predicted molar refractivity (Wildman–Crippen MR) is 93.6 cm³/mol. The van der Waals surface area contributed by atoms with Crippen LogP contribution in [0.1, 0.15) is 10.4 Å². The molecule has 0 amide bonds. The molecule has 0 spiro atoms. The van der Waals surface area contributed by atoms with E-state index in [1.54, 1.807) is 6.07 Å². The summed E-state index contributed by atoms with van der Waals surface area (Å²) in [5, 5.41) is 10.3. The Bertz CT molecular complexity index is 865. The smallest absolute Gasteiger partial charge is 0.337 e. The molecular formula is C17H12BrNO2S. The van der Waals surface area contributed by atoms with Gasteiger partial charge in [-0.1, -0.05) is 46.3 Å². The first kappa shape index (κ1) is 15.1. The first-order valence-electron chi connectivity index (χ1n) is 6.58. The maximum absolute atomic E-state index is 11.8. The summed E-state index contributed by atoms with van der Waals surface area (Å²) in [6.07, 6.45) is 1.87. The Balaban J connectivity index is 2.44. The molecule has 0 unspecified atom stereocenters. The minimum Gasteiger partial charge on any atom is -0.478 e. The van der Waals surface area contributed by atoms with Crippen LogP contribution in [0.2, 0.25) is 0 Å². The number of aromatic carboxylic acids is 1. The molecule has 0 aliphatic rings. The van der Waals surface area contributed by atoms with Crippen LogP contribution in [0.5, 0.6) is 0 Å². The zero-order valence-corrected chi connectivity index (χ0v) is 14.1. The molecule has 0 saturated carbocycles. The van der Waals surface area contributed by atoms with Crippen LogP contribution < -0.4 is 0 Å². The molecule has 0 aliphatic carbocycles. The van der Waals surface area contributed by atoms with Gasteiger partial charge >= 0.3 is 5.97 Å². The Hall–Kier alpha value is -1.85. The minimum absolute atomic E-state index is 0.303. The Morgan fingerprint density at radius 1 is 1.18 bits per heavy atom. The highest BCUT2D eigenvalue weighted by Gasteiger charge is 2.20. The Kier molecular flexibility index (Phi) is 4.18. The molecule has 3 aromatic rings. The lowest BCUT2D eigenvalue weighted by atomic mass is 10.0. The number of benzene rings is 2. The summed E-state index contributed by atoms with van der Waals surface area (Å²) in [4.78, 5) is 17.2. The van der Waals surface area contributed by atoms with E-state index in [0.717, 1.165) is 10.0 Å². The highest BCUT2D eigenvalue weighted by molar-refractivity contribution is 9.10. The van der Waals surface area contributed by atoms with Crippen LogP contribution >= 0.6 is 27.7 Å². The molecule has 0 radical (unpaired) electrons. The SMILES string of the molecule is CSc1c(-c2ccccc2)nc2ccc(Br)cc2c1C(=O)O. The van der Waals surface area contributed by atoms with E-state index in [-0.39, 0.29) is 0 Å². The van der Waals surface area contributed by atoms with Crippen molar-refractivity contribution in [2.75, 3.05) is 6.26 Å². The van der Waals surface area contributed by atoms with Crippen molar-refractivity contribution in [1.29, 1.82) is 0 Å². The number of carboxylic acids is 1. The fourth-order valence-electron chi connectivity index (χ4n) is 2.42. The quantitative estimate of drug-likeness (QED) is 0.650. The van der Waals surface area contributed by atoms with Crippen molar-refractivity contribution in [3.05, 3.63) is 58.6 Å². The molecular weight excluding hydrogens is 362 g/mol. The van der Waals surface area contributed by atoms with Crippen molar-refractivity contribution in [3.63, 3.8) is 0 Å². The molecule has 5 heteroatoms. The average molecular weight is 374 g/mol. The molecule has 0 aliphatic heterocycles. The number of nitrogens with zero attached hydrogens (tertiary/aromatic N) is 1. The molecule has 2 aromatic carbocycles. The summed E-state index contributed by atoms with van der Waals surface area (Å²) < 4.78 is 0.837. The zero-order valence-electron chi connectivity index (χ0n) is 11.7. The first-order chi connectivity index (χ1) is 10.6. The molecule has 0 saturated heterocycles. The second kappa shape index (κ2) is 6.10. The van der Waals surface area contributed by atoms with Crippen molar-refractivity contribution >= 4 is 44.6 Å². The van der Waals surface area contributed by atoms with E-state index < -0.39 is 5.97 Å². The lowest BCUT2D eigenvalue weighted by Gasteiger charge is -2.13. The van der Waals surface area contributed by atoms with Gasteiger partial charge in [-0.2, -0.15) is 0 Å². The molecule has 0 atom stereocenters. The van der Waals surface area contributed by atoms with Crippen molar-refractivity contribution in [3.8, 4) is 11.3 Å². The highest BCUT2D eigenvalue weighted by atomic mass is 79.9. The number of rotatable bonds is 3. The fourth-order valence-corrected chi connectivity index (χ4v) is 3.54. The van der Waals surface area contributed by atoms with E-state index in [1.165, 1.54) is 11.8 Å². The molecule has 0 bridgehead atoms. The van der Waals surface area contributed by atoms with Crippen molar-refractivity contribution in [2.45, 2.75) is 4.90 Å². The van der Waals surface area contributed by atoms with Gasteiger partial charge < -0.3 is 5.11 Å². The largest absolute Gasteiger partial charge is 0.478 e. The topological polar surface area (TPSA) is 50.2 Å². The third-order valence-electron chi connectivity index (χ3n) is 3.37. The van der Waals surface area contributed by atoms with Gasteiger partial charge in [0.25, 0.3) is 0 Å². The van der Waals surface area contributed by atoms with Gasteiger partial charge in [-0.3, -0.25) is 0 Å². The number of halogens is 1. The number of hydrogen-bond acceptors (Lipinski definition) is 3. The summed E-state index contributed by atoms with van der Waals surface area (Å²) in [5.74, 6) is -0.938. The zero-order chi connectivity index (χ0) is 15.7. The van der Waals surface area contributed by atoms with Gasteiger partial charge in [0.05, 0.1) is 16.8 Å².